The molecule has 3 rings (SSSR count). The van der Waals surface area contributed by atoms with Crippen LogP contribution in [-0.2, 0) is 6.54 Å². The number of pyridine rings is 1. The smallest absolute Gasteiger partial charge is 0.255 e. The van der Waals surface area contributed by atoms with Crippen LogP contribution in [0.3, 0.4) is 0 Å². The molecule has 0 bridgehead atoms. The van der Waals surface area contributed by atoms with Crippen molar-refractivity contribution in [2.45, 2.75) is 25.8 Å². The highest BCUT2D eigenvalue weighted by Gasteiger charge is 2.36. The lowest BCUT2D eigenvalue weighted by molar-refractivity contribution is 0.0775. The van der Waals surface area contributed by atoms with Gasteiger partial charge in [0.15, 0.2) is 0 Å². The Bertz CT molecular complexity index is 668. The van der Waals surface area contributed by atoms with E-state index in [0.29, 0.717) is 29.0 Å². The topological polar surface area (TPSA) is 46.3 Å². The summed E-state index contributed by atoms with van der Waals surface area (Å²) in [5, 5.41) is 0.362. The number of carbonyl (C=O) groups is 1. The number of amides is 1. The Balaban J connectivity index is 1.68. The third-order valence-corrected chi connectivity index (χ3v) is 4.20. The summed E-state index contributed by atoms with van der Waals surface area (Å²) in [5.74, 6) is 2.94. The maximum atomic E-state index is 12.3. The van der Waals surface area contributed by atoms with E-state index < -0.39 is 0 Å². The molecule has 2 heterocycles. The van der Waals surface area contributed by atoms with Crippen molar-refractivity contribution >= 4 is 17.5 Å². The summed E-state index contributed by atoms with van der Waals surface area (Å²) in [4.78, 5) is 17.8. The van der Waals surface area contributed by atoms with Crippen molar-refractivity contribution in [3.05, 3.63) is 52.7 Å². The number of furan rings is 1. The van der Waals surface area contributed by atoms with Crippen molar-refractivity contribution in [2.24, 2.45) is 5.92 Å². The standard InChI is InChI=1S/C16H17ClN2O2/c1-10-7-13(10)15-4-3-11(21-15)9-19(2)16(20)12-5-6-18-8-14(12)17/h3-6,8,10,13H,7,9H2,1-2H3. The Morgan fingerprint density at radius 1 is 1.48 bits per heavy atom. The summed E-state index contributed by atoms with van der Waals surface area (Å²) in [6.45, 7) is 2.65. The minimum Gasteiger partial charge on any atom is -0.464 e. The van der Waals surface area contributed by atoms with E-state index in [4.69, 9.17) is 16.0 Å². The van der Waals surface area contributed by atoms with Crippen LogP contribution in [0.2, 0.25) is 5.02 Å². The minimum atomic E-state index is -0.139. The zero-order chi connectivity index (χ0) is 15.0. The van der Waals surface area contributed by atoms with Gasteiger partial charge < -0.3 is 9.32 Å². The Morgan fingerprint density at radius 2 is 2.24 bits per heavy atom. The van der Waals surface area contributed by atoms with E-state index in [0.717, 1.165) is 11.5 Å². The molecular weight excluding hydrogens is 288 g/mol. The summed E-state index contributed by atoms with van der Waals surface area (Å²) < 4.78 is 5.83. The third kappa shape index (κ3) is 2.95. The quantitative estimate of drug-likeness (QED) is 0.864. The lowest BCUT2D eigenvalue weighted by Crippen LogP contribution is -2.26. The second-order valence-corrected chi connectivity index (χ2v) is 6.05. The molecule has 1 amide bonds. The maximum absolute atomic E-state index is 12.3. The molecule has 2 atom stereocenters. The summed E-state index contributed by atoms with van der Waals surface area (Å²) in [6.07, 6.45) is 4.23. The molecule has 2 aromatic heterocycles. The monoisotopic (exact) mass is 304 g/mol. The summed E-state index contributed by atoms with van der Waals surface area (Å²) in [5.41, 5.74) is 0.455. The summed E-state index contributed by atoms with van der Waals surface area (Å²) >= 11 is 6.00. The molecule has 5 heteroatoms. The van der Waals surface area contributed by atoms with Crippen LogP contribution in [0.5, 0.6) is 0 Å². The van der Waals surface area contributed by atoms with Crippen LogP contribution >= 0.6 is 11.6 Å². The van der Waals surface area contributed by atoms with Crippen molar-refractivity contribution in [1.29, 1.82) is 0 Å². The van der Waals surface area contributed by atoms with E-state index in [-0.39, 0.29) is 5.91 Å². The third-order valence-electron chi connectivity index (χ3n) is 3.90. The van der Waals surface area contributed by atoms with Gasteiger partial charge in [-0.25, -0.2) is 0 Å². The van der Waals surface area contributed by atoms with Gasteiger partial charge >= 0.3 is 0 Å². The first-order valence-electron chi connectivity index (χ1n) is 7.00. The van der Waals surface area contributed by atoms with E-state index in [9.17, 15) is 4.79 Å². The molecule has 2 unspecified atom stereocenters. The van der Waals surface area contributed by atoms with Gasteiger partial charge in [0.2, 0.25) is 0 Å². The molecule has 4 nitrogen and oxygen atoms in total. The van der Waals surface area contributed by atoms with E-state index >= 15 is 0 Å². The van der Waals surface area contributed by atoms with Crippen molar-refractivity contribution in [1.82, 2.24) is 9.88 Å². The molecule has 2 aromatic rings. The van der Waals surface area contributed by atoms with Gasteiger partial charge in [0.25, 0.3) is 5.91 Å². The average Bonchev–Trinajstić information content (AvgIpc) is 3.01. The number of nitrogens with zero attached hydrogens (tertiary/aromatic N) is 2. The van der Waals surface area contributed by atoms with Gasteiger partial charge in [-0.1, -0.05) is 18.5 Å². The van der Waals surface area contributed by atoms with Crippen LogP contribution < -0.4 is 0 Å². The number of rotatable bonds is 4. The van der Waals surface area contributed by atoms with E-state index in [2.05, 4.69) is 11.9 Å². The van der Waals surface area contributed by atoms with E-state index in [1.807, 2.05) is 12.1 Å². The van der Waals surface area contributed by atoms with Crippen LogP contribution in [0, 0.1) is 5.92 Å². The Hall–Kier alpha value is -1.81. The van der Waals surface area contributed by atoms with Crippen LogP contribution in [-0.4, -0.2) is 22.8 Å². The number of hydrogen-bond acceptors (Lipinski definition) is 3. The lowest BCUT2D eigenvalue weighted by Gasteiger charge is -2.16. The molecule has 21 heavy (non-hydrogen) atoms. The Morgan fingerprint density at radius 3 is 2.90 bits per heavy atom. The van der Waals surface area contributed by atoms with Gasteiger partial charge in [-0.2, -0.15) is 0 Å². The second kappa shape index (κ2) is 5.53. The summed E-state index contributed by atoms with van der Waals surface area (Å²) in [6, 6.07) is 5.58. The molecule has 1 saturated carbocycles. The van der Waals surface area contributed by atoms with Gasteiger partial charge in [-0.15, -0.1) is 0 Å². The fraction of sp³-hybridized carbons (Fsp3) is 0.375. The average molecular weight is 305 g/mol. The number of halogens is 1. The van der Waals surface area contributed by atoms with Crippen LogP contribution in [0.4, 0.5) is 0 Å². The Labute approximate surface area is 128 Å². The first-order valence-corrected chi connectivity index (χ1v) is 7.37. The predicted octanol–water partition coefficient (Wildman–Crippen LogP) is 3.72. The number of carbonyl (C=O) groups excluding carboxylic acids is 1. The van der Waals surface area contributed by atoms with Crippen LogP contribution in [0.25, 0.3) is 0 Å². The van der Waals surface area contributed by atoms with Gasteiger partial charge in [0.05, 0.1) is 17.1 Å². The molecule has 1 aliphatic carbocycles. The zero-order valence-corrected chi connectivity index (χ0v) is 12.8. The van der Waals surface area contributed by atoms with Crippen molar-refractivity contribution < 1.29 is 9.21 Å². The molecule has 1 fully saturated rings. The first-order chi connectivity index (χ1) is 10.1. The fourth-order valence-electron chi connectivity index (χ4n) is 2.46. The second-order valence-electron chi connectivity index (χ2n) is 5.64. The number of aromatic nitrogens is 1. The van der Waals surface area contributed by atoms with Gasteiger partial charge in [0, 0.05) is 25.4 Å². The molecule has 0 spiro atoms. The fourth-order valence-corrected chi connectivity index (χ4v) is 2.66. The Kier molecular flexibility index (Phi) is 3.72. The highest BCUT2D eigenvalue weighted by molar-refractivity contribution is 6.33. The van der Waals surface area contributed by atoms with E-state index in [1.54, 1.807) is 24.2 Å². The van der Waals surface area contributed by atoms with Crippen LogP contribution in [0.15, 0.2) is 35.0 Å². The molecular formula is C16H17ClN2O2. The molecule has 0 aromatic carbocycles. The molecule has 0 N–H and O–H groups in total. The normalized spacial score (nSPS) is 20.3. The highest BCUT2D eigenvalue weighted by Crippen LogP contribution is 2.47. The van der Waals surface area contributed by atoms with Crippen molar-refractivity contribution in [3.8, 4) is 0 Å². The van der Waals surface area contributed by atoms with Crippen molar-refractivity contribution in [2.75, 3.05) is 7.05 Å². The van der Waals surface area contributed by atoms with Gasteiger partial charge in [0.1, 0.15) is 11.5 Å². The lowest BCUT2D eigenvalue weighted by atomic mass is 10.2. The molecule has 1 aliphatic rings. The largest absolute Gasteiger partial charge is 0.464 e. The predicted molar refractivity (Wildman–Crippen MR) is 80.3 cm³/mol. The molecule has 0 aliphatic heterocycles. The van der Waals surface area contributed by atoms with Gasteiger partial charge in [-0.3, -0.25) is 9.78 Å². The van der Waals surface area contributed by atoms with Gasteiger partial charge in [-0.05, 0) is 30.5 Å². The number of hydrogen-bond donors (Lipinski definition) is 0. The zero-order valence-electron chi connectivity index (χ0n) is 12.0. The minimum absolute atomic E-state index is 0.139. The van der Waals surface area contributed by atoms with Crippen molar-refractivity contribution in [3.63, 3.8) is 0 Å². The first kappa shape index (κ1) is 14.1. The maximum Gasteiger partial charge on any atom is 0.255 e. The SMILES string of the molecule is CC1CC1c1ccc(CN(C)C(=O)c2ccncc2Cl)o1. The summed E-state index contributed by atoms with van der Waals surface area (Å²) in [7, 11) is 1.74. The molecule has 110 valence electrons. The molecule has 0 radical (unpaired) electrons. The molecule has 0 saturated heterocycles. The van der Waals surface area contributed by atoms with E-state index in [1.165, 1.54) is 12.6 Å². The highest BCUT2D eigenvalue weighted by atomic mass is 35.5. The van der Waals surface area contributed by atoms with Crippen LogP contribution in [0.1, 0.15) is 41.1 Å².